The van der Waals surface area contributed by atoms with Gasteiger partial charge in [0.1, 0.15) is 24.2 Å². The standard InChI is InChI=1S/C25H28N4O3/c1-4-9-21-22(24(30)31-5-2)23(29-25(27-21)26-17(3)28-29)19-12-14-20(15-13-19)32-16-18-10-7-6-8-11-18/h6-8,10-15,23H,4-5,9,16H2,1-3H3,(H,26,27,28)/t23-/m0/s1. The summed E-state index contributed by atoms with van der Waals surface area (Å²) >= 11 is 0. The quantitative estimate of drug-likeness (QED) is 0.515. The van der Waals surface area contributed by atoms with Gasteiger partial charge in [-0.1, -0.05) is 55.8 Å². The number of aromatic nitrogens is 3. The maximum Gasteiger partial charge on any atom is 0.338 e. The van der Waals surface area contributed by atoms with E-state index in [4.69, 9.17) is 9.47 Å². The van der Waals surface area contributed by atoms with Crippen LogP contribution in [0, 0.1) is 6.92 Å². The number of rotatable bonds is 8. The van der Waals surface area contributed by atoms with E-state index >= 15 is 0 Å². The zero-order chi connectivity index (χ0) is 22.5. The van der Waals surface area contributed by atoms with Gasteiger partial charge in [-0.05, 0) is 43.5 Å². The molecule has 0 fully saturated rings. The summed E-state index contributed by atoms with van der Waals surface area (Å²) in [5.41, 5.74) is 3.43. The lowest BCUT2D eigenvalue weighted by Gasteiger charge is -2.29. The fourth-order valence-corrected chi connectivity index (χ4v) is 3.87. The lowest BCUT2D eigenvalue weighted by atomic mass is 9.94. The lowest BCUT2D eigenvalue weighted by molar-refractivity contribution is -0.139. The summed E-state index contributed by atoms with van der Waals surface area (Å²) in [6, 6.07) is 17.4. The molecule has 1 atom stereocenters. The Bertz CT molecular complexity index is 1100. The topological polar surface area (TPSA) is 78.3 Å². The van der Waals surface area contributed by atoms with Crippen molar-refractivity contribution < 1.29 is 14.3 Å². The van der Waals surface area contributed by atoms with E-state index in [0.717, 1.165) is 35.4 Å². The van der Waals surface area contributed by atoms with Crippen molar-refractivity contribution in [2.24, 2.45) is 0 Å². The molecule has 7 heteroatoms. The minimum atomic E-state index is -0.420. The largest absolute Gasteiger partial charge is 0.489 e. The predicted molar refractivity (Wildman–Crippen MR) is 122 cm³/mol. The molecule has 4 rings (SSSR count). The number of allylic oxidation sites excluding steroid dienone is 1. The number of anilines is 1. The van der Waals surface area contributed by atoms with E-state index < -0.39 is 6.04 Å². The molecule has 3 aromatic rings. The zero-order valence-corrected chi connectivity index (χ0v) is 18.7. The Morgan fingerprint density at radius 1 is 1.09 bits per heavy atom. The van der Waals surface area contributed by atoms with Crippen LogP contribution in [0.15, 0.2) is 65.9 Å². The Morgan fingerprint density at radius 2 is 1.84 bits per heavy atom. The van der Waals surface area contributed by atoms with Gasteiger partial charge in [-0.2, -0.15) is 10.1 Å². The van der Waals surface area contributed by atoms with Crippen LogP contribution in [0.5, 0.6) is 5.75 Å². The van der Waals surface area contributed by atoms with Gasteiger partial charge in [-0.3, -0.25) is 0 Å². The molecule has 32 heavy (non-hydrogen) atoms. The van der Waals surface area contributed by atoms with Gasteiger partial charge < -0.3 is 14.8 Å². The number of fused-ring (bicyclic) bond motifs is 1. The number of ether oxygens (including phenoxy) is 2. The second kappa shape index (κ2) is 9.68. The van der Waals surface area contributed by atoms with Crippen LogP contribution in [0.4, 0.5) is 5.95 Å². The summed E-state index contributed by atoms with van der Waals surface area (Å²) < 4.78 is 13.1. The van der Waals surface area contributed by atoms with Gasteiger partial charge in [-0.25, -0.2) is 9.48 Å². The van der Waals surface area contributed by atoms with E-state index in [1.54, 1.807) is 4.68 Å². The van der Waals surface area contributed by atoms with Gasteiger partial charge in [0, 0.05) is 5.70 Å². The first-order valence-corrected chi connectivity index (χ1v) is 11.0. The fraction of sp³-hybridized carbons (Fsp3) is 0.320. The number of hydrogen-bond donors (Lipinski definition) is 1. The van der Waals surface area contributed by atoms with Gasteiger partial charge in [0.15, 0.2) is 0 Å². The zero-order valence-electron chi connectivity index (χ0n) is 18.7. The van der Waals surface area contributed by atoms with Crippen LogP contribution in [0.25, 0.3) is 0 Å². The second-order valence-electron chi connectivity index (χ2n) is 7.66. The molecule has 1 aliphatic rings. The maximum absolute atomic E-state index is 13.0. The summed E-state index contributed by atoms with van der Waals surface area (Å²) in [6.07, 6.45) is 1.60. The average Bonchev–Trinajstić information content (AvgIpc) is 3.18. The summed E-state index contributed by atoms with van der Waals surface area (Å²) in [5.74, 6) is 1.70. The summed E-state index contributed by atoms with van der Waals surface area (Å²) in [6.45, 7) is 6.54. The average molecular weight is 433 g/mol. The lowest BCUT2D eigenvalue weighted by Crippen LogP contribution is -2.30. The Balaban J connectivity index is 1.67. The van der Waals surface area contributed by atoms with Crippen LogP contribution in [0.3, 0.4) is 0 Å². The minimum Gasteiger partial charge on any atom is -0.489 e. The van der Waals surface area contributed by atoms with E-state index in [1.807, 2.05) is 68.4 Å². The first-order valence-electron chi connectivity index (χ1n) is 11.0. The summed E-state index contributed by atoms with van der Waals surface area (Å²) in [4.78, 5) is 17.5. The van der Waals surface area contributed by atoms with E-state index in [2.05, 4.69) is 22.3 Å². The van der Waals surface area contributed by atoms with Gasteiger partial charge in [0.25, 0.3) is 0 Å². The molecular formula is C25H28N4O3. The van der Waals surface area contributed by atoms with Crippen molar-refractivity contribution in [1.29, 1.82) is 0 Å². The Morgan fingerprint density at radius 3 is 2.53 bits per heavy atom. The molecule has 1 aromatic heterocycles. The molecule has 0 amide bonds. The maximum atomic E-state index is 13.0. The van der Waals surface area contributed by atoms with Gasteiger partial charge in [0.2, 0.25) is 5.95 Å². The van der Waals surface area contributed by atoms with Crippen molar-refractivity contribution >= 4 is 11.9 Å². The van der Waals surface area contributed by atoms with Crippen molar-refractivity contribution in [2.45, 2.75) is 46.3 Å². The van der Waals surface area contributed by atoms with Gasteiger partial charge >= 0.3 is 5.97 Å². The van der Waals surface area contributed by atoms with Crippen LogP contribution in [-0.4, -0.2) is 27.3 Å². The van der Waals surface area contributed by atoms with Crippen molar-refractivity contribution in [3.05, 3.63) is 82.8 Å². The van der Waals surface area contributed by atoms with E-state index in [0.29, 0.717) is 30.6 Å². The van der Waals surface area contributed by atoms with Crippen LogP contribution in [0.1, 0.15) is 49.7 Å². The van der Waals surface area contributed by atoms with Crippen molar-refractivity contribution in [3.63, 3.8) is 0 Å². The first kappa shape index (κ1) is 21.6. The molecule has 166 valence electrons. The third-order valence-corrected chi connectivity index (χ3v) is 5.28. The molecule has 1 N–H and O–H groups in total. The number of aryl methyl sites for hydroxylation is 1. The number of esters is 1. The summed E-state index contributed by atoms with van der Waals surface area (Å²) in [5, 5.41) is 7.87. The van der Waals surface area contributed by atoms with Crippen molar-refractivity contribution in [1.82, 2.24) is 14.8 Å². The van der Waals surface area contributed by atoms with Crippen molar-refractivity contribution in [3.8, 4) is 5.75 Å². The molecule has 0 radical (unpaired) electrons. The van der Waals surface area contributed by atoms with Crippen LogP contribution in [0.2, 0.25) is 0 Å². The van der Waals surface area contributed by atoms with E-state index in [1.165, 1.54) is 0 Å². The molecular weight excluding hydrogens is 404 g/mol. The smallest absolute Gasteiger partial charge is 0.338 e. The highest BCUT2D eigenvalue weighted by Gasteiger charge is 2.35. The molecule has 0 unspecified atom stereocenters. The van der Waals surface area contributed by atoms with Crippen LogP contribution >= 0.6 is 0 Å². The first-order chi connectivity index (χ1) is 15.6. The Kier molecular flexibility index (Phi) is 6.54. The molecule has 2 heterocycles. The number of nitrogens with zero attached hydrogens (tertiary/aromatic N) is 3. The highest BCUT2D eigenvalue weighted by atomic mass is 16.5. The van der Waals surface area contributed by atoms with Crippen molar-refractivity contribution in [2.75, 3.05) is 11.9 Å². The summed E-state index contributed by atoms with van der Waals surface area (Å²) in [7, 11) is 0. The number of nitrogens with one attached hydrogen (secondary N) is 1. The highest BCUT2D eigenvalue weighted by molar-refractivity contribution is 5.92. The fourth-order valence-electron chi connectivity index (χ4n) is 3.87. The predicted octanol–water partition coefficient (Wildman–Crippen LogP) is 4.80. The Labute approximate surface area is 188 Å². The highest BCUT2D eigenvalue weighted by Crippen LogP contribution is 2.37. The van der Waals surface area contributed by atoms with Gasteiger partial charge in [-0.15, -0.1) is 0 Å². The van der Waals surface area contributed by atoms with Gasteiger partial charge in [0.05, 0.1) is 12.2 Å². The number of carbonyl (C=O) groups is 1. The molecule has 0 saturated heterocycles. The molecule has 2 aromatic carbocycles. The molecule has 0 aliphatic carbocycles. The molecule has 0 saturated carbocycles. The van der Waals surface area contributed by atoms with E-state index in [9.17, 15) is 4.79 Å². The normalized spacial score (nSPS) is 15.2. The van der Waals surface area contributed by atoms with E-state index in [-0.39, 0.29) is 5.97 Å². The molecule has 0 bridgehead atoms. The monoisotopic (exact) mass is 432 g/mol. The second-order valence-corrected chi connectivity index (χ2v) is 7.66. The van der Waals surface area contributed by atoms with Crippen LogP contribution < -0.4 is 10.1 Å². The SMILES string of the molecule is CCCC1=C(C(=O)OCC)[C@H](c2ccc(OCc3ccccc3)cc2)n2nc(C)nc2N1. The minimum absolute atomic E-state index is 0.309. The number of benzene rings is 2. The molecule has 1 aliphatic heterocycles. The number of carbonyl (C=O) groups excluding carboxylic acids is 1. The molecule has 7 nitrogen and oxygen atoms in total. The third kappa shape index (κ3) is 4.51. The third-order valence-electron chi connectivity index (χ3n) is 5.28. The Hall–Kier alpha value is -3.61. The van der Waals surface area contributed by atoms with Crippen LogP contribution in [-0.2, 0) is 16.1 Å². The number of hydrogen-bond acceptors (Lipinski definition) is 6. The molecule has 0 spiro atoms.